The Balaban J connectivity index is 1.72. The number of carbonyl (C=O) groups is 5. The highest BCUT2D eigenvalue weighted by atomic mass is 16.4. The fraction of sp³-hybridized carbons (Fsp3) is 0.296. The summed E-state index contributed by atoms with van der Waals surface area (Å²) in [6.45, 7) is 1.37. The zero-order valence-electron chi connectivity index (χ0n) is 21.7. The standard InChI is InChI=1S/C27H32N6O7/c1-14(24(36)33-22(27(39)40)10-15-6-8-17(34)9-7-15)31-26(38)21(32-25(37)19(28)12-23(29)35)11-16-13-30-20-5-3-2-4-18(16)20/h2-9,13-14,19,21-22,30,34H,10-12,28H2,1H3,(H2,29,35)(H,31,38)(H,32,37)(H,33,36)(H,39,40). The average Bonchev–Trinajstić information content (AvgIpc) is 3.31. The van der Waals surface area contributed by atoms with Gasteiger partial charge >= 0.3 is 5.97 Å². The number of benzene rings is 2. The summed E-state index contributed by atoms with van der Waals surface area (Å²) in [7, 11) is 0. The van der Waals surface area contributed by atoms with Crippen molar-refractivity contribution in [3.8, 4) is 5.75 Å². The lowest BCUT2D eigenvalue weighted by Crippen LogP contribution is -2.57. The summed E-state index contributed by atoms with van der Waals surface area (Å²) in [5, 5.41) is 27.3. The highest BCUT2D eigenvalue weighted by Crippen LogP contribution is 2.19. The molecule has 2 aromatic carbocycles. The number of phenolic OH excluding ortho intramolecular Hbond substituents is 1. The first-order chi connectivity index (χ1) is 18.9. The summed E-state index contributed by atoms with van der Waals surface area (Å²) in [6.07, 6.45) is 1.23. The number of amides is 4. The molecule has 0 radical (unpaired) electrons. The quantitative estimate of drug-likeness (QED) is 0.136. The molecule has 1 aromatic heterocycles. The van der Waals surface area contributed by atoms with Crippen molar-refractivity contribution in [3.05, 3.63) is 65.9 Å². The second-order valence-corrected chi connectivity index (χ2v) is 9.40. The number of hydrogen-bond acceptors (Lipinski definition) is 7. The molecule has 212 valence electrons. The van der Waals surface area contributed by atoms with Crippen molar-refractivity contribution in [3.63, 3.8) is 0 Å². The van der Waals surface area contributed by atoms with Crippen LogP contribution < -0.4 is 27.4 Å². The number of nitrogens with two attached hydrogens (primary N) is 2. The maximum Gasteiger partial charge on any atom is 0.326 e. The van der Waals surface area contributed by atoms with Gasteiger partial charge < -0.3 is 42.6 Å². The van der Waals surface area contributed by atoms with E-state index in [1.54, 1.807) is 6.20 Å². The van der Waals surface area contributed by atoms with Crippen LogP contribution >= 0.6 is 0 Å². The molecule has 1 heterocycles. The van der Waals surface area contributed by atoms with Crippen LogP contribution in [0.4, 0.5) is 0 Å². The third-order valence-corrected chi connectivity index (χ3v) is 6.23. The van der Waals surface area contributed by atoms with Gasteiger partial charge in [-0.25, -0.2) is 4.79 Å². The fourth-order valence-corrected chi connectivity index (χ4v) is 4.06. The van der Waals surface area contributed by atoms with Gasteiger partial charge in [0.15, 0.2) is 0 Å². The van der Waals surface area contributed by atoms with Crippen LogP contribution in [0.5, 0.6) is 5.75 Å². The van der Waals surface area contributed by atoms with Crippen LogP contribution in [-0.2, 0) is 36.8 Å². The van der Waals surface area contributed by atoms with Gasteiger partial charge in [-0.2, -0.15) is 0 Å². The minimum Gasteiger partial charge on any atom is -0.508 e. The molecule has 0 spiro atoms. The summed E-state index contributed by atoms with van der Waals surface area (Å²) in [4.78, 5) is 64.7. The molecule has 0 bridgehead atoms. The molecular weight excluding hydrogens is 520 g/mol. The van der Waals surface area contributed by atoms with Crippen molar-refractivity contribution in [2.75, 3.05) is 0 Å². The average molecular weight is 553 g/mol. The summed E-state index contributed by atoms with van der Waals surface area (Å²) < 4.78 is 0. The van der Waals surface area contributed by atoms with Gasteiger partial charge in [0.1, 0.15) is 23.9 Å². The SMILES string of the molecule is CC(NC(=O)C(Cc1c[nH]c2ccccc12)NC(=O)C(N)CC(N)=O)C(=O)NC(Cc1ccc(O)cc1)C(=O)O. The smallest absolute Gasteiger partial charge is 0.326 e. The van der Waals surface area contributed by atoms with Gasteiger partial charge in [-0.15, -0.1) is 0 Å². The maximum atomic E-state index is 13.3. The lowest BCUT2D eigenvalue weighted by Gasteiger charge is -2.23. The van der Waals surface area contributed by atoms with E-state index in [1.807, 2.05) is 24.3 Å². The molecule has 10 N–H and O–H groups in total. The van der Waals surface area contributed by atoms with Crippen LogP contribution in [0.2, 0.25) is 0 Å². The van der Waals surface area contributed by atoms with Crippen molar-refractivity contribution in [1.29, 1.82) is 0 Å². The normalized spacial score (nSPS) is 13.9. The predicted molar refractivity (Wildman–Crippen MR) is 145 cm³/mol. The van der Waals surface area contributed by atoms with Gasteiger partial charge in [0.25, 0.3) is 0 Å². The first-order valence-electron chi connectivity index (χ1n) is 12.4. The molecule has 13 nitrogen and oxygen atoms in total. The van der Waals surface area contributed by atoms with E-state index in [4.69, 9.17) is 11.5 Å². The molecule has 0 saturated carbocycles. The lowest BCUT2D eigenvalue weighted by atomic mass is 10.0. The second-order valence-electron chi connectivity index (χ2n) is 9.40. The van der Waals surface area contributed by atoms with Crippen molar-refractivity contribution in [2.24, 2.45) is 11.5 Å². The largest absolute Gasteiger partial charge is 0.508 e. The second kappa shape index (κ2) is 13.2. The third kappa shape index (κ3) is 8.04. The van der Waals surface area contributed by atoms with E-state index in [-0.39, 0.29) is 18.6 Å². The number of hydrogen-bond donors (Lipinski definition) is 8. The highest BCUT2D eigenvalue weighted by molar-refractivity contribution is 5.95. The Morgan fingerprint density at radius 2 is 1.52 bits per heavy atom. The van der Waals surface area contributed by atoms with Gasteiger partial charge in [-0.1, -0.05) is 30.3 Å². The van der Waals surface area contributed by atoms with Gasteiger partial charge in [0, 0.05) is 29.9 Å². The number of nitrogens with one attached hydrogen (secondary N) is 4. The third-order valence-electron chi connectivity index (χ3n) is 6.23. The van der Waals surface area contributed by atoms with E-state index >= 15 is 0 Å². The number of fused-ring (bicyclic) bond motifs is 1. The molecule has 0 aliphatic rings. The van der Waals surface area contributed by atoms with Crippen LogP contribution in [0.25, 0.3) is 10.9 Å². The van der Waals surface area contributed by atoms with Crippen molar-refractivity contribution in [2.45, 2.75) is 50.4 Å². The number of phenols is 1. The van der Waals surface area contributed by atoms with Gasteiger partial charge in [-0.3, -0.25) is 19.2 Å². The first-order valence-corrected chi connectivity index (χ1v) is 12.4. The van der Waals surface area contributed by atoms with Crippen molar-refractivity contribution in [1.82, 2.24) is 20.9 Å². The zero-order valence-corrected chi connectivity index (χ0v) is 21.7. The minimum atomic E-state index is -1.30. The molecule has 0 aliphatic carbocycles. The zero-order chi connectivity index (χ0) is 29.4. The Hall–Kier alpha value is -4.91. The molecule has 3 aromatic rings. The number of primary amides is 1. The topological polar surface area (TPSA) is 230 Å². The van der Waals surface area contributed by atoms with E-state index in [9.17, 15) is 34.2 Å². The molecule has 3 rings (SSSR count). The lowest BCUT2D eigenvalue weighted by molar-refractivity contribution is -0.142. The number of carbonyl (C=O) groups excluding carboxylic acids is 4. The van der Waals surface area contributed by atoms with E-state index in [0.29, 0.717) is 11.1 Å². The van der Waals surface area contributed by atoms with Gasteiger partial charge in [0.05, 0.1) is 12.5 Å². The summed E-state index contributed by atoms with van der Waals surface area (Å²) >= 11 is 0. The minimum absolute atomic E-state index is 0.0147. The summed E-state index contributed by atoms with van der Waals surface area (Å²) in [5.74, 6) is -4.32. The number of aromatic amines is 1. The Kier molecular flexibility index (Phi) is 9.81. The van der Waals surface area contributed by atoms with Crippen molar-refractivity contribution >= 4 is 40.5 Å². The number of carboxylic acid groups (broad SMARTS) is 1. The fourth-order valence-electron chi connectivity index (χ4n) is 4.06. The Bertz CT molecular complexity index is 1390. The number of aliphatic carboxylic acids is 1. The molecule has 0 fully saturated rings. The van der Waals surface area contributed by atoms with E-state index < -0.39 is 60.2 Å². The summed E-state index contributed by atoms with van der Waals surface area (Å²) in [6, 6.07) is 8.26. The highest BCUT2D eigenvalue weighted by Gasteiger charge is 2.29. The van der Waals surface area contributed by atoms with Crippen LogP contribution in [0.1, 0.15) is 24.5 Å². The molecule has 40 heavy (non-hydrogen) atoms. The number of H-pyrrole nitrogens is 1. The molecule has 13 heteroatoms. The van der Waals surface area contributed by atoms with Gasteiger partial charge in [0.2, 0.25) is 23.6 Å². The van der Waals surface area contributed by atoms with Crippen molar-refractivity contribution < 1.29 is 34.2 Å². The monoisotopic (exact) mass is 552 g/mol. The Morgan fingerprint density at radius 1 is 0.875 bits per heavy atom. The number of aromatic hydroxyl groups is 1. The van der Waals surface area contributed by atoms with Crippen LogP contribution in [0.3, 0.4) is 0 Å². The van der Waals surface area contributed by atoms with Crippen LogP contribution in [0.15, 0.2) is 54.7 Å². The molecular formula is C27H32N6O7. The van der Waals surface area contributed by atoms with Crippen LogP contribution in [0, 0.1) is 0 Å². The number of carboxylic acids is 1. The Morgan fingerprint density at radius 3 is 2.17 bits per heavy atom. The van der Waals surface area contributed by atoms with Gasteiger partial charge in [-0.05, 0) is 36.2 Å². The Labute approximate surface area is 229 Å². The molecule has 0 aliphatic heterocycles. The summed E-state index contributed by atoms with van der Waals surface area (Å²) in [5.41, 5.74) is 13.0. The first kappa shape index (κ1) is 29.6. The maximum absolute atomic E-state index is 13.3. The van der Waals surface area contributed by atoms with E-state index in [0.717, 1.165) is 10.9 Å². The molecule has 0 saturated heterocycles. The van der Waals surface area contributed by atoms with Crippen LogP contribution in [-0.4, -0.2) is 69.0 Å². The number of aromatic nitrogens is 1. The molecule has 4 unspecified atom stereocenters. The molecule has 4 atom stereocenters. The molecule has 4 amide bonds. The number of para-hydroxylation sites is 1. The number of rotatable bonds is 13. The van der Waals surface area contributed by atoms with E-state index in [1.165, 1.54) is 31.2 Å². The van der Waals surface area contributed by atoms with E-state index in [2.05, 4.69) is 20.9 Å². The predicted octanol–water partition coefficient (Wildman–Crippen LogP) is -0.580.